The number of benzene rings is 2. The maximum Gasteiger partial charge on any atom is 0.271 e. The SMILES string of the molecule is COc1ccc(C(=O)c2c(C)c(C#N)c(=O)n(Cc3ccc(F)cc3)c2O)cc1. The fourth-order valence-corrected chi connectivity index (χ4v) is 3.03. The smallest absolute Gasteiger partial charge is 0.271 e. The summed E-state index contributed by atoms with van der Waals surface area (Å²) in [5.41, 5.74) is -0.195. The van der Waals surface area contributed by atoms with E-state index in [-0.39, 0.29) is 28.8 Å². The number of methoxy groups -OCH3 is 1. The molecule has 3 rings (SSSR count). The highest BCUT2D eigenvalue weighted by Gasteiger charge is 2.25. The van der Waals surface area contributed by atoms with Crippen LogP contribution in [0.1, 0.15) is 32.6 Å². The minimum atomic E-state index is -0.724. The van der Waals surface area contributed by atoms with Crippen LogP contribution in [0.15, 0.2) is 53.3 Å². The van der Waals surface area contributed by atoms with Gasteiger partial charge in [0, 0.05) is 5.56 Å². The number of aromatic hydroxyl groups is 1. The minimum Gasteiger partial charge on any atom is -0.497 e. The number of halogens is 1. The molecule has 0 unspecified atom stereocenters. The van der Waals surface area contributed by atoms with Gasteiger partial charge in [-0.2, -0.15) is 5.26 Å². The average Bonchev–Trinajstić information content (AvgIpc) is 2.73. The second-order valence-corrected chi connectivity index (χ2v) is 6.39. The second kappa shape index (κ2) is 7.98. The molecule has 146 valence electrons. The quantitative estimate of drug-likeness (QED) is 0.674. The van der Waals surface area contributed by atoms with Crippen LogP contribution in [0.25, 0.3) is 0 Å². The van der Waals surface area contributed by atoms with Crippen LogP contribution in [0.4, 0.5) is 4.39 Å². The normalized spacial score (nSPS) is 10.4. The highest BCUT2D eigenvalue weighted by molar-refractivity contribution is 6.11. The van der Waals surface area contributed by atoms with Crippen molar-refractivity contribution >= 4 is 5.78 Å². The van der Waals surface area contributed by atoms with E-state index < -0.39 is 23.0 Å². The molecule has 0 saturated carbocycles. The monoisotopic (exact) mass is 392 g/mol. The lowest BCUT2D eigenvalue weighted by Crippen LogP contribution is -2.27. The molecule has 1 heterocycles. The molecular weight excluding hydrogens is 375 g/mol. The van der Waals surface area contributed by atoms with Crippen molar-refractivity contribution in [3.8, 4) is 17.7 Å². The predicted octanol–water partition coefficient (Wildman–Crippen LogP) is 3.16. The number of nitrogens with zero attached hydrogens (tertiary/aromatic N) is 2. The van der Waals surface area contributed by atoms with E-state index in [0.717, 1.165) is 4.57 Å². The molecule has 0 atom stereocenters. The van der Waals surface area contributed by atoms with Crippen LogP contribution in [0.2, 0.25) is 0 Å². The number of ether oxygens (including phenoxy) is 1. The molecule has 1 aromatic heterocycles. The Bertz CT molecular complexity index is 1170. The maximum absolute atomic E-state index is 13.2. The van der Waals surface area contributed by atoms with Gasteiger partial charge in [0.15, 0.2) is 5.78 Å². The molecule has 0 aliphatic rings. The number of rotatable bonds is 5. The van der Waals surface area contributed by atoms with Gasteiger partial charge in [0.05, 0.1) is 19.2 Å². The summed E-state index contributed by atoms with van der Waals surface area (Å²) in [6.07, 6.45) is 0. The number of hydrogen-bond acceptors (Lipinski definition) is 5. The first-order valence-electron chi connectivity index (χ1n) is 8.67. The Kier molecular flexibility index (Phi) is 5.46. The van der Waals surface area contributed by atoms with E-state index in [4.69, 9.17) is 4.74 Å². The van der Waals surface area contributed by atoms with Crippen LogP contribution in [-0.2, 0) is 6.54 Å². The number of pyridine rings is 1. The third-order valence-corrected chi connectivity index (χ3v) is 4.63. The van der Waals surface area contributed by atoms with Gasteiger partial charge in [-0.1, -0.05) is 12.1 Å². The Labute approximate surface area is 166 Å². The van der Waals surface area contributed by atoms with Gasteiger partial charge in [-0.25, -0.2) is 4.39 Å². The Hall–Kier alpha value is -3.92. The predicted molar refractivity (Wildman–Crippen MR) is 104 cm³/mol. The van der Waals surface area contributed by atoms with Gasteiger partial charge in [-0.3, -0.25) is 14.2 Å². The molecule has 0 bridgehead atoms. The summed E-state index contributed by atoms with van der Waals surface area (Å²) in [6.45, 7) is 1.32. The van der Waals surface area contributed by atoms with Crippen molar-refractivity contribution in [3.05, 3.63) is 92.5 Å². The third kappa shape index (κ3) is 3.73. The fraction of sp³-hybridized carbons (Fsp3) is 0.136. The highest BCUT2D eigenvalue weighted by atomic mass is 19.1. The van der Waals surface area contributed by atoms with Crippen molar-refractivity contribution in [2.24, 2.45) is 0 Å². The number of ketones is 1. The maximum atomic E-state index is 13.2. The first kappa shape index (κ1) is 19.8. The van der Waals surface area contributed by atoms with Gasteiger partial charge in [-0.15, -0.1) is 0 Å². The number of aromatic nitrogens is 1. The molecule has 2 aromatic carbocycles. The summed E-state index contributed by atoms with van der Waals surface area (Å²) >= 11 is 0. The molecular formula is C22H17FN2O4. The van der Waals surface area contributed by atoms with Crippen molar-refractivity contribution in [2.45, 2.75) is 13.5 Å². The molecule has 0 aliphatic heterocycles. The fourth-order valence-electron chi connectivity index (χ4n) is 3.03. The van der Waals surface area contributed by atoms with Crippen LogP contribution >= 0.6 is 0 Å². The van der Waals surface area contributed by atoms with Crippen LogP contribution in [0.3, 0.4) is 0 Å². The molecule has 0 aliphatic carbocycles. The molecule has 3 aromatic rings. The summed E-state index contributed by atoms with van der Waals surface area (Å²) in [4.78, 5) is 25.7. The summed E-state index contributed by atoms with van der Waals surface area (Å²) in [7, 11) is 1.50. The molecule has 29 heavy (non-hydrogen) atoms. The molecule has 0 radical (unpaired) electrons. The van der Waals surface area contributed by atoms with E-state index >= 15 is 0 Å². The zero-order chi connectivity index (χ0) is 21.1. The molecule has 6 nitrogen and oxygen atoms in total. The molecule has 0 spiro atoms. The summed E-state index contributed by atoms with van der Waals surface area (Å²) < 4.78 is 19.2. The number of nitriles is 1. The van der Waals surface area contributed by atoms with E-state index in [9.17, 15) is 24.3 Å². The van der Waals surface area contributed by atoms with Crippen LogP contribution in [0, 0.1) is 24.1 Å². The number of carbonyl (C=O) groups is 1. The van der Waals surface area contributed by atoms with Crippen LogP contribution in [0.5, 0.6) is 11.6 Å². The Morgan fingerprint density at radius 3 is 2.34 bits per heavy atom. The Morgan fingerprint density at radius 1 is 1.17 bits per heavy atom. The van der Waals surface area contributed by atoms with Crippen molar-refractivity contribution < 1.29 is 19.0 Å². The highest BCUT2D eigenvalue weighted by Crippen LogP contribution is 2.26. The van der Waals surface area contributed by atoms with Crippen LogP contribution < -0.4 is 10.3 Å². The topological polar surface area (TPSA) is 92.3 Å². The summed E-state index contributed by atoms with van der Waals surface area (Å²) in [6, 6.07) is 13.4. The van der Waals surface area contributed by atoms with Gasteiger partial charge in [0.25, 0.3) is 5.56 Å². The van der Waals surface area contributed by atoms with E-state index in [1.54, 1.807) is 12.1 Å². The molecule has 0 amide bonds. The second-order valence-electron chi connectivity index (χ2n) is 6.39. The van der Waals surface area contributed by atoms with Gasteiger partial charge in [-0.05, 0) is 54.4 Å². The lowest BCUT2D eigenvalue weighted by Gasteiger charge is -2.16. The Balaban J connectivity index is 2.16. The first-order valence-corrected chi connectivity index (χ1v) is 8.67. The van der Waals surface area contributed by atoms with E-state index in [1.165, 1.54) is 50.4 Å². The van der Waals surface area contributed by atoms with E-state index in [2.05, 4.69) is 0 Å². The molecule has 0 fully saturated rings. The van der Waals surface area contributed by atoms with Crippen molar-refractivity contribution in [3.63, 3.8) is 0 Å². The summed E-state index contributed by atoms with van der Waals surface area (Å²) in [5.74, 6) is -0.965. The summed E-state index contributed by atoms with van der Waals surface area (Å²) in [5, 5.41) is 20.2. The standard InChI is InChI=1S/C22H17FN2O4/c1-13-18(11-24)21(27)25(12-14-3-7-16(23)8-4-14)22(28)19(13)20(26)15-5-9-17(29-2)10-6-15/h3-10,28H,12H2,1-2H3. The zero-order valence-corrected chi connectivity index (χ0v) is 15.8. The lowest BCUT2D eigenvalue weighted by molar-refractivity contribution is 0.103. The van der Waals surface area contributed by atoms with Crippen molar-refractivity contribution in [1.29, 1.82) is 5.26 Å². The van der Waals surface area contributed by atoms with Gasteiger partial charge >= 0.3 is 0 Å². The van der Waals surface area contributed by atoms with Crippen molar-refractivity contribution in [1.82, 2.24) is 4.57 Å². The minimum absolute atomic E-state index is 0.103. The molecule has 0 saturated heterocycles. The molecule has 7 heteroatoms. The largest absolute Gasteiger partial charge is 0.497 e. The zero-order valence-electron chi connectivity index (χ0n) is 15.8. The third-order valence-electron chi connectivity index (χ3n) is 4.63. The van der Waals surface area contributed by atoms with E-state index in [1.807, 2.05) is 6.07 Å². The van der Waals surface area contributed by atoms with Gasteiger partial charge in [0.1, 0.15) is 23.2 Å². The Morgan fingerprint density at radius 2 is 1.79 bits per heavy atom. The first-order chi connectivity index (χ1) is 13.9. The van der Waals surface area contributed by atoms with Gasteiger partial charge in [0.2, 0.25) is 5.88 Å². The lowest BCUT2D eigenvalue weighted by atomic mass is 9.97. The van der Waals surface area contributed by atoms with Gasteiger partial charge < -0.3 is 9.84 Å². The van der Waals surface area contributed by atoms with Crippen molar-refractivity contribution in [2.75, 3.05) is 7.11 Å². The van der Waals surface area contributed by atoms with E-state index in [0.29, 0.717) is 11.3 Å². The number of hydrogen-bond donors (Lipinski definition) is 1. The number of carbonyl (C=O) groups excluding carboxylic acids is 1. The average molecular weight is 392 g/mol. The van der Waals surface area contributed by atoms with Crippen LogP contribution in [-0.4, -0.2) is 22.6 Å². The molecule has 1 N–H and O–H groups in total.